The molecule has 0 fully saturated rings. The minimum atomic E-state index is -4.77. The van der Waals surface area contributed by atoms with Crippen LogP contribution < -0.4 is 0 Å². The van der Waals surface area contributed by atoms with E-state index in [1.807, 2.05) is 12.2 Å². The van der Waals surface area contributed by atoms with Crippen molar-refractivity contribution in [3.8, 4) is 0 Å². The Balaban J connectivity index is 4.82. The minimum absolute atomic E-state index is 0.00672. The second kappa shape index (κ2) is 54.2. The van der Waals surface area contributed by atoms with Crippen LogP contribution in [-0.2, 0) is 42.2 Å². The van der Waals surface area contributed by atoms with Crippen molar-refractivity contribution in [2.75, 3.05) is 26.4 Å². The van der Waals surface area contributed by atoms with Crippen molar-refractivity contribution < 1.29 is 52.2 Å². The van der Waals surface area contributed by atoms with Crippen molar-refractivity contribution in [1.29, 1.82) is 0 Å². The van der Waals surface area contributed by atoms with Crippen LogP contribution in [0.2, 0.25) is 0 Å². The van der Waals surface area contributed by atoms with Crippen molar-refractivity contribution >= 4 is 25.7 Å². The van der Waals surface area contributed by atoms with E-state index in [4.69, 9.17) is 23.3 Å². The average Bonchev–Trinajstić information content (AvgIpc) is 3.37. The molecular weight excluding hydrogens is 928 g/mol. The number of allylic oxidation sites excluding steroid dienone is 11. The first-order valence-corrected chi connectivity index (χ1v) is 30.3. The van der Waals surface area contributed by atoms with Crippen LogP contribution in [0.5, 0.6) is 0 Å². The Morgan fingerprint density at radius 3 is 1.17 bits per heavy atom. The van der Waals surface area contributed by atoms with Crippen LogP contribution in [0.4, 0.5) is 0 Å². The molecule has 0 spiro atoms. The van der Waals surface area contributed by atoms with Crippen molar-refractivity contribution in [3.05, 3.63) is 72.9 Å². The number of carbonyl (C=O) groups excluding carboxylic acids is 3. The normalized spacial score (nSPS) is 13.9. The zero-order chi connectivity index (χ0) is 52.7. The minimum Gasteiger partial charge on any atom is -0.461 e. The fourth-order valence-electron chi connectivity index (χ4n) is 7.78. The van der Waals surface area contributed by atoms with Crippen LogP contribution in [0.3, 0.4) is 0 Å². The predicted octanol–water partition coefficient (Wildman–Crippen LogP) is 16.9. The molecule has 0 rings (SSSR count). The number of ether oxygens (including phenoxy) is 3. The van der Waals surface area contributed by atoms with Gasteiger partial charge in [-0.25, -0.2) is 4.57 Å². The molecule has 11 nitrogen and oxygen atoms in total. The van der Waals surface area contributed by atoms with E-state index in [0.717, 1.165) is 77.0 Å². The maximum absolute atomic E-state index is 12.9. The summed E-state index contributed by atoms with van der Waals surface area (Å²) in [6, 6.07) is 0. The number of carbonyl (C=O) groups is 3. The summed E-state index contributed by atoms with van der Waals surface area (Å²) in [5, 5.41) is 9.80. The highest BCUT2D eigenvalue weighted by Crippen LogP contribution is 2.43. The molecule has 416 valence electrons. The molecule has 0 bridgehead atoms. The largest absolute Gasteiger partial charge is 0.472 e. The molecule has 3 atom stereocenters. The van der Waals surface area contributed by atoms with Gasteiger partial charge in [-0.2, -0.15) is 0 Å². The maximum atomic E-state index is 12.9. The molecule has 3 unspecified atom stereocenters. The highest BCUT2D eigenvalue weighted by atomic mass is 31.2. The molecule has 0 aromatic heterocycles. The Morgan fingerprint density at radius 2 is 0.764 bits per heavy atom. The Hall–Kier alpha value is -3.08. The van der Waals surface area contributed by atoms with Gasteiger partial charge in [0.1, 0.15) is 12.7 Å². The molecule has 72 heavy (non-hydrogen) atoms. The molecule has 0 heterocycles. The van der Waals surface area contributed by atoms with Crippen LogP contribution in [0, 0.1) is 0 Å². The highest BCUT2D eigenvalue weighted by Gasteiger charge is 2.28. The first-order chi connectivity index (χ1) is 35.2. The summed E-state index contributed by atoms with van der Waals surface area (Å²) in [6.45, 7) is 4.43. The van der Waals surface area contributed by atoms with Crippen LogP contribution in [-0.4, -0.2) is 66.5 Å². The zero-order valence-corrected chi connectivity index (χ0v) is 46.8. The molecule has 0 radical (unpaired) electrons. The van der Waals surface area contributed by atoms with Gasteiger partial charge < -0.3 is 24.2 Å². The Bertz CT molecular complexity index is 1490. The van der Waals surface area contributed by atoms with Crippen molar-refractivity contribution in [2.24, 2.45) is 0 Å². The van der Waals surface area contributed by atoms with E-state index in [9.17, 15) is 28.9 Å². The van der Waals surface area contributed by atoms with Gasteiger partial charge in [-0.15, -0.1) is 0 Å². The molecule has 0 aliphatic rings. The predicted molar refractivity (Wildman–Crippen MR) is 298 cm³/mol. The van der Waals surface area contributed by atoms with Crippen molar-refractivity contribution in [3.63, 3.8) is 0 Å². The fourth-order valence-corrected chi connectivity index (χ4v) is 8.56. The summed E-state index contributed by atoms with van der Waals surface area (Å²) in [5.41, 5.74) is 0. The summed E-state index contributed by atoms with van der Waals surface area (Å²) in [6.07, 6.45) is 60.3. The zero-order valence-electron chi connectivity index (χ0n) is 45.9. The second-order valence-electron chi connectivity index (χ2n) is 19.1. The van der Waals surface area contributed by atoms with Crippen LogP contribution in [0.1, 0.15) is 252 Å². The number of phosphoric acid groups is 1. The Labute approximate surface area is 439 Å². The first-order valence-electron chi connectivity index (χ1n) is 28.8. The number of esters is 3. The number of hydrogen-bond donors (Lipinski definition) is 2. The topological polar surface area (TPSA) is 155 Å². The van der Waals surface area contributed by atoms with Gasteiger partial charge in [0.25, 0.3) is 0 Å². The highest BCUT2D eigenvalue weighted by molar-refractivity contribution is 7.47. The van der Waals surface area contributed by atoms with E-state index in [0.29, 0.717) is 19.3 Å². The summed E-state index contributed by atoms with van der Waals surface area (Å²) in [4.78, 5) is 48.4. The monoisotopic (exact) mass is 1030 g/mol. The van der Waals surface area contributed by atoms with Crippen LogP contribution in [0.15, 0.2) is 72.9 Å². The molecule has 0 amide bonds. The molecule has 0 saturated heterocycles. The lowest BCUT2D eigenvalue weighted by molar-refractivity contribution is -0.161. The Kier molecular flexibility index (Phi) is 51.9. The lowest BCUT2D eigenvalue weighted by Gasteiger charge is -2.21. The fraction of sp³-hybridized carbons (Fsp3) is 0.750. The SMILES string of the molecule is CC/C=C\C/C=C\C/C=C\C/C=C\C/C=C\CC(=O)OCC(COP(=O)(O)OCC(CO)OC(=O)CCCCCCCCCCCCCCC)OC(=O)CCCCCCCCC/C=C\CCCCCCCC. The lowest BCUT2D eigenvalue weighted by atomic mass is 10.0. The summed E-state index contributed by atoms with van der Waals surface area (Å²) in [5.74, 6) is -1.61. The Morgan fingerprint density at radius 1 is 0.417 bits per heavy atom. The molecule has 0 aliphatic heterocycles. The maximum Gasteiger partial charge on any atom is 0.472 e. The van der Waals surface area contributed by atoms with E-state index in [1.165, 1.54) is 116 Å². The van der Waals surface area contributed by atoms with E-state index < -0.39 is 57.8 Å². The summed E-state index contributed by atoms with van der Waals surface area (Å²) >= 11 is 0. The van der Waals surface area contributed by atoms with Gasteiger partial charge >= 0.3 is 25.7 Å². The standard InChI is InChI=1S/C60H105O11P/c1-4-7-10-13-16-19-22-25-27-28-30-33-36-39-42-45-48-51-60(64)71-57(53-67-58(62)49-46-43-40-37-34-32-29-26-23-20-17-14-11-8-5-2)55-69-72(65,66)68-54-56(52-61)70-59(63)50-47-44-41-38-35-31-24-21-18-15-12-9-6-3/h8,11,17,20,25-27,29,34,37,43,46,56-57,61H,4-7,9-10,12-16,18-19,21-24,28,30-33,35-36,38-42,44-45,47-55H2,1-3H3,(H,65,66)/b11-8-,20-17-,27-25-,29-26-,37-34-,46-43-. The van der Waals surface area contributed by atoms with Gasteiger partial charge in [0.05, 0.1) is 26.2 Å². The van der Waals surface area contributed by atoms with Gasteiger partial charge in [-0.3, -0.25) is 23.4 Å². The second-order valence-corrected chi connectivity index (χ2v) is 20.5. The molecule has 0 saturated carbocycles. The molecule has 0 aliphatic carbocycles. The number of hydrogen-bond acceptors (Lipinski definition) is 10. The third-order valence-electron chi connectivity index (χ3n) is 12.1. The third-order valence-corrected chi connectivity index (χ3v) is 13.1. The van der Waals surface area contributed by atoms with Crippen molar-refractivity contribution in [2.45, 2.75) is 264 Å². The lowest BCUT2D eigenvalue weighted by Crippen LogP contribution is -2.30. The number of aliphatic hydroxyl groups is 1. The number of rotatable bonds is 53. The third kappa shape index (κ3) is 51.8. The van der Waals surface area contributed by atoms with Gasteiger partial charge in [-0.1, -0.05) is 235 Å². The van der Waals surface area contributed by atoms with Gasteiger partial charge in [0.15, 0.2) is 6.10 Å². The van der Waals surface area contributed by atoms with E-state index in [2.05, 4.69) is 75.5 Å². The number of aliphatic hydroxyl groups excluding tert-OH is 1. The molecule has 0 aromatic rings. The smallest absolute Gasteiger partial charge is 0.461 e. The molecule has 12 heteroatoms. The van der Waals surface area contributed by atoms with E-state index >= 15 is 0 Å². The average molecular weight is 1030 g/mol. The molecule has 2 N–H and O–H groups in total. The summed E-state index contributed by atoms with van der Waals surface area (Å²) in [7, 11) is -4.77. The van der Waals surface area contributed by atoms with Gasteiger partial charge in [-0.05, 0) is 70.6 Å². The van der Waals surface area contributed by atoms with Crippen LogP contribution >= 0.6 is 7.82 Å². The van der Waals surface area contributed by atoms with Gasteiger partial charge in [0, 0.05) is 12.8 Å². The summed E-state index contributed by atoms with van der Waals surface area (Å²) < 4.78 is 39.4. The number of unbranched alkanes of at least 4 members (excludes halogenated alkanes) is 25. The van der Waals surface area contributed by atoms with E-state index in [1.54, 1.807) is 6.08 Å². The quantitative estimate of drug-likeness (QED) is 0.0197. The first kappa shape index (κ1) is 68.9. The number of phosphoric ester groups is 1. The van der Waals surface area contributed by atoms with Gasteiger partial charge in [0.2, 0.25) is 0 Å². The van der Waals surface area contributed by atoms with E-state index in [-0.39, 0.29) is 25.9 Å². The van der Waals surface area contributed by atoms with Crippen molar-refractivity contribution in [1.82, 2.24) is 0 Å². The molecular formula is C60H105O11P. The van der Waals surface area contributed by atoms with Crippen LogP contribution in [0.25, 0.3) is 0 Å². The molecule has 0 aromatic carbocycles.